The van der Waals surface area contributed by atoms with Crippen LogP contribution in [0.4, 0.5) is 4.39 Å². The predicted octanol–water partition coefficient (Wildman–Crippen LogP) is 2.14. The zero-order valence-corrected chi connectivity index (χ0v) is 8.46. The van der Waals surface area contributed by atoms with Crippen molar-refractivity contribution >= 4 is 0 Å². The van der Waals surface area contributed by atoms with E-state index in [1.54, 1.807) is 25.1 Å². The summed E-state index contributed by atoms with van der Waals surface area (Å²) in [5, 5.41) is 8.76. The second-order valence-electron chi connectivity index (χ2n) is 3.49. The normalized spacial score (nSPS) is 12.6. The van der Waals surface area contributed by atoms with Crippen LogP contribution >= 0.6 is 0 Å². The molecule has 1 aromatic carbocycles. The van der Waals surface area contributed by atoms with Gasteiger partial charge in [-0.25, -0.2) is 4.39 Å². The maximum atomic E-state index is 13.4. The Bertz CT molecular complexity index is 299. The molecule has 0 aliphatic heterocycles. The summed E-state index contributed by atoms with van der Waals surface area (Å²) in [6.07, 6.45) is 0. The van der Waals surface area contributed by atoms with Crippen LogP contribution in [0.15, 0.2) is 18.2 Å². The Hall–Kier alpha value is -1.09. The summed E-state index contributed by atoms with van der Waals surface area (Å²) < 4.78 is 18.6. The molecule has 0 heterocycles. The zero-order valence-electron chi connectivity index (χ0n) is 8.46. The standard InChI is InChI=1S/C11H15FO2/c1-8(6-13)7-14-10-5-3-4-9(2)11(10)12/h3-5,8,13H,6-7H2,1-2H3. The number of ether oxygens (including phenoxy) is 1. The van der Waals surface area contributed by atoms with Crippen LogP contribution < -0.4 is 4.74 Å². The van der Waals surface area contributed by atoms with Crippen molar-refractivity contribution in [1.82, 2.24) is 0 Å². The molecule has 1 atom stereocenters. The van der Waals surface area contributed by atoms with Gasteiger partial charge in [-0.3, -0.25) is 0 Å². The van der Waals surface area contributed by atoms with Gasteiger partial charge in [-0.15, -0.1) is 0 Å². The summed E-state index contributed by atoms with van der Waals surface area (Å²) in [7, 11) is 0. The molecule has 78 valence electrons. The average Bonchev–Trinajstić information content (AvgIpc) is 2.20. The highest BCUT2D eigenvalue weighted by molar-refractivity contribution is 5.29. The van der Waals surface area contributed by atoms with E-state index in [0.717, 1.165) is 0 Å². The Balaban J connectivity index is 2.63. The molecular formula is C11H15FO2. The highest BCUT2D eigenvalue weighted by Gasteiger charge is 2.07. The van der Waals surface area contributed by atoms with E-state index in [2.05, 4.69) is 0 Å². The van der Waals surface area contributed by atoms with Crippen molar-refractivity contribution in [2.45, 2.75) is 13.8 Å². The molecule has 0 saturated heterocycles. The van der Waals surface area contributed by atoms with Gasteiger partial charge < -0.3 is 9.84 Å². The van der Waals surface area contributed by atoms with E-state index in [0.29, 0.717) is 12.2 Å². The van der Waals surface area contributed by atoms with Gasteiger partial charge in [-0.2, -0.15) is 0 Å². The van der Waals surface area contributed by atoms with Crippen LogP contribution in [-0.4, -0.2) is 18.3 Å². The molecule has 2 nitrogen and oxygen atoms in total. The molecule has 1 aromatic rings. The van der Waals surface area contributed by atoms with Crippen molar-refractivity contribution in [1.29, 1.82) is 0 Å². The quantitative estimate of drug-likeness (QED) is 0.803. The highest BCUT2D eigenvalue weighted by atomic mass is 19.1. The van der Waals surface area contributed by atoms with Crippen LogP contribution in [0.3, 0.4) is 0 Å². The van der Waals surface area contributed by atoms with Crippen LogP contribution in [0.25, 0.3) is 0 Å². The highest BCUT2D eigenvalue weighted by Crippen LogP contribution is 2.19. The van der Waals surface area contributed by atoms with Crippen molar-refractivity contribution in [3.63, 3.8) is 0 Å². The molecule has 0 aliphatic carbocycles. The lowest BCUT2D eigenvalue weighted by Gasteiger charge is -2.11. The molecular weight excluding hydrogens is 183 g/mol. The lowest BCUT2D eigenvalue weighted by Crippen LogP contribution is -2.12. The number of rotatable bonds is 4. The Morgan fingerprint density at radius 3 is 2.86 bits per heavy atom. The maximum absolute atomic E-state index is 13.4. The number of aryl methyl sites for hydroxylation is 1. The molecule has 0 spiro atoms. The Morgan fingerprint density at radius 1 is 1.50 bits per heavy atom. The fourth-order valence-electron chi connectivity index (χ4n) is 1.02. The van der Waals surface area contributed by atoms with E-state index in [-0.39, 0.29) is 24.1 Å². The van der Waals surface area contributed by atoms with Gasteiger partial charge in [0.15, 0.2) is 11.6 Å². The van der Waals surface area contributed by atoms with Crippen LogP contribution in [0, 0.1) is 18.7 Å². The summed E-state index contributed by atoms with van der Waals surface area (Å²) in [6.45, 7) is 3.91. The first-order valence-corrected chi connectivity index (χ1v) is 4.64. The fraction of sp³-hybridized carbons (Fsp3) is 0.455. The lowest BCUT2D eigenvalue weighted by atomic mass is 10.2. The largest absolute Gasteiger partial charge is 0.490 e. The molecule has 0 saturated carbocycles. The van der Waals surface area contributed by atoms with Gasteiger partial charge in [0.25, 0.3) is 0 Å². The zero-order chi connectivity index (χ0) is 10.6. The molecule has 0 aliphatic rings. The van der Waals surface area contributed by atoms with E-state index in [1.807, 2.05) is 6.92 Å². The third-order valence-electron chi connectivity index (χ3n) is 1.99. The number of hydrogen-bond donors (Lipinski definition) is 1. The Kier molecular flexibility index (Phi) is 3.89. The first-order chi connectivity index (χ1) is 6.65. The lowest BCUT2D eigenvalue weighted by molar-refractivity contribution is 0.170. The van der Waals surface area contributed by atoms with Gasteiger partial charge >= 0.3 is 0 Å². The molecule has 0 bridgehead atoms. The van der Waals surface area contributed by atoms with E-state index in [9.17, 15) is 4.39 Å². The van der Waals surface area contributed by atoms with Crippen molar-refractivity contribution in [3.8, 4) is 5.75 Å². The van der Waals surface area contributed by atoms with Gasteiger partial charge in [0.2, 0.25) is 0 Å². The second kappa shape index (κ2) is 4.96. The van der Waals surface area contributed by atoms with E-state index in [4.69, 9.17) is 9.84 Å². The minimum Gasteiger partial charge on any atom is -0.490 e. The summed E-state index contributed by atoms with van der Waals surface area (Å²) in [6, 6.07) is 5.03. The summed E-state index contributed by atoms with van der Waals surface area (Å²) in [5.74, 6) is -0.0437. The molecule has 14 heavy (non-hydrogen) atoms. The minimum absolute atomic E-state index is 0.0231. The summed E-state index contributed by atoms with van der Waals surface area (Å²) >= 11 is 0. The number of aliphatic hydroxyl groups excluding tert-OH is 1. The topological polar surface area (TPSA) is 29.5 Å². The van der Waals surface area contributed by atoms with Crippen LogP contribution in [0.1, 0.15) is 12.5 Å². The second-order valence-corrected chi connectivity index (χ2v) is 3.49. The average molecular weight is 198 g/mol. The number of benzene rings is 1. The van der Waals surface area contributed by atoms with Gasteiger partial charge in [0.1, 0.15) is 0 Å². The van der Waals surface area contributed by atoms with Crippen molar-refractivity contribution in [2.24, 2.45) is 5.92 Å². The fourth-order valence-corrected chi connectivity index (χ4v) is 1.02. The molecule has 3 heteroatoms. The van der Waals surface area contributed by atoms with Crippen LogP contribution in [0.5, 0.6) is 5.75 Å². The summed E-state index contributed by atoms with van der Waals surface area (Å²) in [5.41, 5.74) is 0.569. The number of hydrogen-bond acceptors (Lipinski definition) is 2. The molecule has 1 rings (SSSR count). The maximum Gasteiger partial charge on any atom is 0.167 e. The molecule has 1 unspecified atom stereocenters. The Morgan fingerprint density at radius 2 is 2.21 bits per heavy atom. The molecule has 0 amide bonds. The van der Waals surface area contributed by atoms with Gasteiger partial charge in [0.05, 0.1) is 6.61 Å². The van der Waals surface area contributed by atoms with Gasteiger partial charge in [0, 0.05) is 12.5 Å². The minimum atomic E-state index is -0.322. The van der Waals surface area contributed by atoms with Crippen LogP contribution in [0.2, 0.25) is 0 Å². The first-order valence-electron chi connectivity index (χ1n) is 4.64. The predicted molar refractivity (Wildman–Crippen MR) is 52.9 cm³/mol. The number of aliphatic hydroxyl groups is 1. The Labute approximate surface area is 83.3 Å². The van der Waals surface area contributed by atoms with Crippen molar-refractivity contribution in [2.75, 3.05) is 13.2 Å². The molecule has 0 aromatic heterocycles. The monoisotopic (exact) mass is 198 g/mol. The van der Waals surface area contributed by atoms with Crippen molar-refractivity contribution < 1.29 is 14.2 Å². The molecule has 1 N–H and O–H groups in total. The molecule has 0 radical (unpaired) electrons. The van der Waals surface area contributed by atoms with Crippen LogP contribution in [-0.2, 0) is 0 Å². The van der Waals surface area contributed by atoms with E-state index >= 15 is 0 Å². The van der Waals surface area contributed by atoms with E-state index < -0.39 is 0 Å². The van der Waals surface area contributed by atoms with Gasteiger partial charge in [-0.05, 0) is 18.6 Å². The van der Waals surface area contributed by atoms with Crippen molar-refractivity contribution in [3.05, 3.63) is 29.6 Å². The third-order valence-corrected chi connectivity index (χ3v) is 1.99. The SMILES string of the molecule is Cc1cccc(OCC(C)CO)c1F. The third kappa shape index (κ3) is 2.70. The molecule has 0 fully saturated rings. The van der Waals surface area contributed by atoms with E-state index in [1.165, 1.54) is 0 Å². The first kappa shape index (κ1) is 11.0. The number of halogens is 1. The summed E-state index contributed by atoms with van der Waals surface area (Å²) in [4.78, 5) is 0. The smallest absolute Gasteiger partial charge is 0.167 e. The van der Waals surface area contributed by atoms with Gasteiger partial charge in [-0.1, -0.05) is 19.1 Å².